The standard InChI is InChI=1S/C44H27NO/c1-2-15-31(16-3-1)45-39-22-9-8-20-36(39)43-33-18-5-4-12-29(33)27-38(44(43)45)34-19-7-6-17-32(34)30-24-25-40-37(26-30)35-21-10-13-28-14-11-23-41(46-40)42(28)35/h1-27H. The average Bonchev–Trinajstić information content (AvgIpc) is 3.47. The summed E-state index contributed by atoms with van der Waals surface area (Å²) >= 11 is 0. The minimum atomic E-state index is 0.893. The van der Waals surface area contributed by atoms with Gasteiger partial charge in [0.2, 0.25) is 0 Å². The van der Waals surface area contributed by atoms with Crippen molar-refractivity contribution in [3.8, 4) is 50.6 Å². The van der Waals surface area contributed by atoms with E-state index in [1.54, 1.807) is 0 Å². The van der Waals surface area contributed by atoms with E-state index < -0.39 is 0 Å². The Morgan fingerprint density at radius 3 is 1.98 bits per heavy atom. The highest BCUT2D eigenvalue weighted by molar-refractivity contribution is 6.25. The first-order valence-corrected chi connectivity index (χ1v) is 15.8. The molecule has 0 spiro atoms. The Kier molecular flexibility index (Phi) is 5.31. The van der Waals surface area contributed by atoms with Gasteiger partial charge < -0.3 is 9.30 Å². The fourth-order valence-corrected chi connectivity index (χ4v) is 7.59. The zero-order chi connectivity index (χ0) is 30.2. The van der Waals surface area contributed by atoms with Crippen molar-refractivity contribution < 1.29 is 4.74 Å². The Labute approximate surface area is 266 Å². The molecule has 0 atom stereocenters. The third kappa shape index (κ3) is 3.59. The fraction of sp³-hybridized carbons (Fsp3) is 0. The van der Waals surface area contributed by atoms with E-state index in [-0.39, 0.29) is 0 Å². The first-order valence-electron chi connectivity index (χ1n) is 15.8. The topological polar surface area (TPSA) is 14.2 Å². The van der Waals surface area contributed by atoms with Crippen LogP contribution in [-0.2, 0) is 0 Å². The van der Waals surface area contributed by atoms with Gasteiger partial charge in [-0.2, -0.15) is 0 Å². The summed E-state index contributed by atoms with van der Waals surface area (Å²) in [6.45, 7) is 0. The van der Waals surface area contributed by atoms with Crippen molar-refractivity contribution in [2.45, 2.75) is 0 Å². The van der Waals surface area contributed by atoms with E-state index in [1.807, 2.05) is 0 Å². The molecule has 2 heterocycles. The quantitative estimate of drug-likeness (QED) is 0.201. The Balaban J connectivity index is 1.29. The second-order valence-corrected chi connectivity index (χ2v) is 12.1. The highest BCUT2D eigenvalue weighted by Gasteiger charge is 2.23. The summed E-state index contributed by atoms with van der Waals surface area (Å²) in [6.07, 6.45) is 0. The third-order valence-corrected chi connectivity index (χ3v) is 9.56. The lowest BCUT2D eigenvalue weighted by Crippen LogP contribution is -1.98. The van der Waals surface area contributed by atoms with Gasteiger partial charge in [0, 0.05) is 33.0 Å². The smallest absolute Gasteiger partial charge is 0.135 e. The molecule has 46 heavy (non-hydrogen) atoms. The van der Waals surface area contributed by atoms with Crippen LogP contribution >= 0.6 is 0 Å². The lowest BCUT2D eigenvalue weighted by molar-refractivity contribution is 0.487. The van der Waals surface area contributed by atoms with Crippen molar-refractivity contribution in [3.05, 3.63) is 164 Å². The predicted octanol–water partition coefficient (Wildman–Crippen LogP) is 12.2. The van der Waals surface area contributed by atoms with Crippen molar-refractivity contribution in [2.24, 2.45) is 0 Å². The van der Waals surface area contributed by atoms with Gasteiger partial charge in [-0.25, -0.2) is 0 Å². The molecule has 0 bridgehead atoms. The molecule has 0 fully saturated rings. The van der Waals surface area contributed by atoms with E-state index in [0.29, 0.717) is 0 Å². The van der Waals surface area contributed by atoms with E-state index in [2.05, 4.69) is 168 Å². The zero-order valence-corrected chi connectivity index (χ0v) is 24.9. The fourth-order valence-electron chi connectivity index (χ4n) is 7.59. The van der Waals surface area contributed by atoms with Gasteiger partial charge in [-0.05, 0) is 80.9 Å². The van der Waals surface area contributed by atoms with Crippen LogP contribution in [0.15, 0.2) is 164 Å². The van der Waals surface area contributed by atoms with Crippen LogP contribution in [0.25, 0.3) is 82.4 Å². The number of aromatic nitrogens is 1. The number of fused-ring (bicyclic) bond motifs is 7. The molecular weight excluding hydrogens is 558 g/mol. The Morgan fingerprint density at radius 2 is 1.09 bits per heavy atom. The average molecular weight is 586 g/mol. The maximum Gasteiger partial charge on any atom is 0.135 e. The van der Waals surface area contributed by atoms with Gasteiger partial charge in [0.25, 0.3) is 0 Å². The molecule has 1 aliphatic heterocycles. The van der Waals surface area contributed by atoms with Crippen LogP contribution in [0.5, 0.6) is 11.5 Å². The second-order valence-electron chi connectivity index (χ2n) is 12.1. The second kappa shape index (κ2) is 9.69. The maximum atomic E-state index is 6.46. The number of benzene rings is 8. The Morgan fingerprint density at radius 1 is 0.391 bits per heavy atom. The van der Waals surface area contributed by atoms with Gasteiger partial charge in [0.15, 0.2) is 0 Å². The summed E-state index contributed by atoms with van der Waals surface area (Å²) in [5.74, 6) is 1.81. The Hall–Kier alpha value is -6.12. The molecular formula is C44H27NO. The molecule has 9 aromatic rings. The van der Waals surface area contributed by atoms with Crippen LogP contribution in [-0.4, -0.2) is 4.57 Å². The zero-order valence-electron chi connectivity index (χ0n) is 24.9. The molecule has 0 N–H and O–H groups in total. The molecule has 2 heteroatoms. The van der Waals surface area contributed by atoms with E-state index >= 15 is 0 Å². The lowest BCUT2D eigenvalue weighted by Gasteiger charge is -2.22. The number of nitrogens with zero attached hydrogens (tertiary/aromatic N) is 1. The summed E-state index contributed by atoms with van der Waals surface area (Å²) in [5, 5.41) is 7.41. The summed E-state index contributed by atoms with van der Waals surface area (Å²) in [5.41, 5.74) is 10.7. The molecule has 8 aromatic carbocycles. The van der Waals surface area contributed by atoms with Gasteiger partial charge in [-0.15, -0.1) is 0 Å². The van der Waals surface area contributed by atoms with E-state index in [1.165, 1.54) is 65.6 Å². The number of rotatable bonds is 3. The molecule has 0 unspecified atom stereocenters. The summed E-state index contributed by atoms with van der Waals surface area (Å²) < 4.78 is 8.90. The van der Waals surface area contributed by atoms with Crippen molar-refractivity contribution in [2.75, 3.05) is 0 Å². The molecule has 1 aromatic heterocycles. The van der Waals surface area contributed by atoms with Crippen LogP contribution in [0.3, 0.4) is 0 Å². The Bertz CT molecular complexity index is 2660. The van der Waals surface area contributed by atoms with Crippen LogP contribution < -0.4 is 4.74 Å². The molecule has 214 valence electrons. The minimum Gasteiger partial charge on any atom is -0.456 e. The van der Waals surface area contributed by atoms with Crippen molar-refractivity contribution >= 4 is 43.4 Å². The summed E-state index contributed by atoms with van der Waals surface area (Å²) in [6, 6.07) is 59.0. The molecule has 0 aliphatic carbocycles. The number of hydrogen-bond acceptors (Lipinski definition) is 1. The van der Waals surface area contributed by atoms with E-state index in [4.69, 9.17) is 4.74 Å². The van der Waals surface area contributed by atoms with Gasteiger partial charge in [-0.3, -0.25) is 0 Å². The van der Waals surface area contributed by atoms with Crippen LogP contribution in [0.1, 0.15) is 0 Å². The summed E-state index contributed by atoms with van der Waals surface area (Å²) in [4.78, 5) is 0. The van der Waals surface area contributed by atoms with E-state index in [0.717, 1.165) is 28.3 Å². The maximum absolute atomic E-state index is 6.46. The molecule has 0 saturated heterocycles. The number of ether oxygens (including phenoxy) is 1. The monoisotopic (exact) mass is 585 g/mol. The molecule has 0 radical (unpaired) electrons. The molecule has 1 aliphatic rings. The predicted molar refractivity (Wildman–Crippen MR) is 192 cm³/mol. The van der Waals surface area contributed by atoms with Crippen LogP contribution in [0, 0.1) is 0 Å². The van der Waals surface area contributed by atoms with Crippen LogP contribution in [0.4, 0.5) is 0 Å². The third-order valence-electron chi connectivity index (χ3n) is 9.56. The number of para-hydroxylation sites is 2. The normalized spacial score (nSPS) is 12.1. The van der Waals surface area contributed by atoms with Gasteiger partial charge >= 0.3 is 0 Å². The molecule has 0 amide bonds. The number of hydrogen-bond donors (Lipinski definition) is 0. The van der Waals surface area contributed by atoms with Gasteiger partial charge in [0.05, 0.1) is 11.0 Å². The minimum absolute atomic E-state index is 0.893. The lowest BCUT2D eigenvalue weighted by atomic mass is 9.88. The van der Waals surface area contributed by atoms with Crippen molar-refractivity contribution in [1.29, 1.82) is 0 Å². The molecule has 10 rings (SSSR count). The molecule has 0 saturated carbocycles. The SMILES string of the molecule is c1ccc(-n2c3ccccc3c3c4ccccc4cc(-c4ccccc4-c4ccc5c(c4)-c4cccc6cccc(c46)O5)c32)cc1. The first-order chi connectivity index (χ1) is 22.8. The van der Waals surface area contributed by atoms with Crippen molar-refractivity contribution in [1.82, 2.24) is 4.57 Å². The van der Waals surface area contributed by atoms with Crippen LogP contribution in [0.2, 0.25) is 0 Å². The molecule has 2 nitrogen and oxygen atoms in total. The highest BCUT2D eigenvalue weighted by Crippen LogP contribution is 2.49. The highest BCUT2D eigenvalue weighted by atomic mass is 16.5. The van der Waals surface area contributed by atoms with Crippen molar-refractivity contribution in [3.63, 3.8) is 0 Å². The largest absolute Gasteiger partial charge is 0.456 e. The van der Waals surface area contributed by atoms with Gasteiger partial charge in [-0.1, -0.05) is 121 Å². The summed E-state index contributed by atoms with van der Waals surface area (Å²) in [7, 11) is 0. The first kappa shape index (κ1) is 25.2. The van der Waals surface area contributed by atoms with Gasteiger partial charge in [0.1, 0.15) is 11.5 Å². The van der Waals surface area contributed by atoms with E-state index in [9.17, 15) is 0 Å².